The zero-order valence-corrected chi connectivity index (χ0v) is 15.7. The van der Waals surface area contributed by atoms with Crippen molar-refractivity contribution in [1.82, 2.24) is 0 Å². The molecule has 0 N–H and O–H groups in total. The minimum Gasteiger partial charge on any atom is -0.466 e. The van der Waals surface area contributed by atoms with E-state index in [4.69, 9.17) is 18.9 Å². The van der Waals surface area contributed by atoms with Gasteiger partial charge in [-0.25, -0.2) is 0 Å². The van der Waals surface area contributed by atoms with Crippen molar-refractivity contribution in [3.63, 3.8) is 0 Å². The summed E-state index contributed by atoms with van der Waals surface area (Å²) in [6, 6.07) is 0. The first-order valence-electron chi connectivity index (χ1n) is 8.85. The highest BCUT2D eigenvalue weighted by molar-refractivity contribution is 5.65. The van der Waals surface area contributed by atoms with Crippen LogP contribution < -0.4 is 0 Å². The summed E-state index contributed by atoms with van der Waals surface area (Å²) in [5, 5.41) is 0. The second-order valence-corrected chi connectivity index (χ2v) is 5.95. The fraction of sp³-hybridized carbons (Fsp3) is 0.944. The van der Waals surface area contributed by atoms with Crippen LogP contribution >= 0.6 is 0 Å². The molecule has 5 nitrogen and oxygen atoms in total. The van der Waals surface area contributed by atoms with Gasteiger partial charge in [-0.2, -0.15) is 0 Å². The molecule has 0 aliphatic heterocycles. The largest absolute Gasteiger partial charge is 0.466 e. The lowest BCUT2D eigenvalue weighted by Gasteiger charge is -2.36. The smallest absolute Gasteiger partial charge is 0.302 e. The first-order chi connectivity index (χ1) is 11.1. The van der Waals surface area contributed by atoms with Gasteiger partial charge in [0.25, 0.3) is 5.97 Å². The Morgan fingerprint density at radius 2 is 1.39 bits per heavy atom. The number of rotatable bonds is 15. The monoisotopic (exact) mass is 332 g/mol. The molecule has 0 aromatic rings. The fourth-order valence-corrected chi connectivity index (χ4v) is 2.96. The molecule has 0 rings (SSSR count). The predicted molar refractivity (Wildman–Crippen MR) is 91.1 cm³/mol. The van der Waals surface area contributed by atoms with E-state index in [2.05, 4.69) is 6.92 Å². The van der Waals surface area contributed by atoms with Crippen LogP contribution in [-0.4, -0.2) is 39.9 Å². The van der Waals surface area contributed by atoms with Crippen LogP contribution in [-0.2, 0) is 23.7 Å². The van der Waals surface area contributed by atoms with Gasteiger partial charge in [-0.3, -0.25) is 4.79 Å². The molecule has 0 amide bonds. The lowest BCUT2D eigenvalue weighted by atomic mass is 9.93. The Bertz CT molecular complexity index is 281. The van der Waals surface area contributed by atoms with Crippen molar-refractivity contribution in [2.45, 2.75) is 77.6 Å². The summed E-state index contributed by atoms with van der Waals surface area (Å²) >= 11 is 0. The molecule has 138 valence electrons. The molecule has 0 fully saturated rings. The van der Waals surface area contributed by atoms with Crippen molar-refractivity contribution in [1.29, 1.82) is 0 Å². The summed E-state index contributed by atoms with van der Waals surface area (Å²) in [5.74, 6) is -1.14. The van der Waals surface area contributed by atoms with Gasteiger partial charge in [0.1, 0.15) is 0 Å². The SMILES string of the molecule is CCCCCCCCC(CCCOC(C)=O)C(OC)(OC)OC. The zero-order valence-electron chi connectivity index (χ0n) is 15.7. The van der Waals surface area contributed by atoms with E-state index in [1.165, 1.54) is 39.0 Å². The Labute approximate surface area is 142 Å². The number of hydrogen-bond acceptors (Lipinski definition) is 5. The maximum absolute atomic E-state index is 10.9. The van der Waals surface area contributed by atoms with Crippen molar-refractivity contribution in [3.05, 3.63) is 0 Å². The average molecular weight is 332 g/mol. The van der Waals surface area contributed by atoms with Gasteiger partial charge in [0.05, 0.1) is 6.61 Å². The van der Waals surface area contributed by atoms with E-state index in [0.717, 1.165) is 25.7 Å². The molecule has 0 aromatic carbocycles. The van der Waals surface area contributed by atoms with Crippen molar-refractivity contribution in [2.24, 2.45) is 5.92 Å². The Morgan fingerprint density at radius 1 is 0.870 bits per heavy atom. The Kier molecular flexibility index (Phi) is 13.4. The molecular weight excluding hydrogens is 296 g/mol. The molecule has 0 aliphatic carbocycles. The maximum atomic E-state index is 10.9. The fourth-order valence-electron chi connectivity index (χ4n) is 2.96. The third-order valence-corrected chi connectivity index (χ3v) is 4.26. The average Bonchev–Trinajstić information content (AvgIpc) is 2.55. The van der Waals surface area contributed by atoms with Crippen molar-refractivity contribution < 1.29 is 23.7 Å². The number of hydrogen-bond donors (Lipinski definition) is 0. The zero-order chi connectivity index (χ0) is 17.6. The van der Waals surface area contributed by atoms with Gasteiger partial charge in [-0.1, -0.05) is 45.4 Å². The minimum absolute atomic E-state index is 0.115. The quantitative estimate of drug-likeness (QED) is 0.254. The van der Waals surface area contributed by atoms with Gasteiger partial charge >= 0.3 is 5.97 Å². The molecule has 0 saturated carbocycles. The summed E-state index contributed by atoms with van der Waals surface area (Å²) < 4.78 is 21.6. The Hall–Kier alpha value is -0.650. The minimum atomic E-state index is -1.01. The maximum Gasteiger partial charge on any atom is 0.302 e. The topological polar surface area (TPSA) is 54.0 Å². The highest BCUT2D eigenvalue weighted by atomic mass is 16.9. The third-order valence-electron chi connectivity index (χ3n) is 4.26. The first-order valence-corrected chi connectivity index (χ1v) is 8.85. The van der Waals surface area contributed by atoms with Gasteiger partial charge in [-0.15, -0.1) is 0 Å². The van der Waals surface area contributed by atoms with Gasteiger partial charge in [-0.05, 0) is 19.3 Å². The van der Waals surface area contributed by atoms with Crippen molar-refractivity contribution >= 4 is 5.97 Å². The molecule has 0 spiro atoms. The third kappa shape index (κ3) is 9.28. The second-order valence-electron chi connectivity index (χ2n) is 5.95. The van der Waals surface area contributed by atoms with Crippen molar-refractivity contribution in [2.75, 3.05) is 27.9 Å². The lowest BCUT2D eigenvalue weighted by Crippen LogP contribution is -2.44. The van der Waals surface area contributed by atoms with Crippen LogP contribution in [0.3, 0.4) is 0 Å². The van der Waals surface area contributed by atoms with E-state index in [-0.39, 0.29) is 11.9 Å². The Balaban J connectivity index is 4.39. The van der Waals surface area contributed by atoms with Gasteiger partial charge in [0.15, 0.2) is 0 Å². The highest BCUT2D eigenvalue weighted by Gasteiger charge is 2.39. The van der Waals surface area contributed by atoms with Gasteiger partial charge in [0.2, 0.25) is 0 Å². The molecule has 0 heterocycles. The van der Waals surface area contributed by atoms with Gasteiger partial charge in [0, 0.05) is 34.2 Å². The molecule has 23 heavy (non-hydrogen) atoms. The number of carbonyl (C=O) groups is 1. The predicted octanol–water partition coefficient (Wildman–Crippen LogP) is 4.29. The summed E-state index contributed by atoms with van der Waals surface area (Å²) in [4.78, 5) is 10.9. The molecule has 0 bridgehead atoms. The van der Waals surface area contributed by atoms with E-state index < -0.39 is 5.97 Å². The molecule has 1 atom stereocenters. The van der Waals surface area contributed by atoms with Gasteiger partial charge < -0.3 is 18.9 Å². The first kappa shape index (κ1) is 22.4. The normalized spacial score (nSPS) is 13.1. The molecule has 0 radical (unpaired) electrons. The second kappa shape index (κ2) is 13.8. The van der Waals surface area contributed by atoms with Crippen LogP contribution in [0.4, 0.5) is 0 Å². The number of ether oxygens (including phenoxy) is 4. The summed E-state index contributed by atoms with van der Waals surface area (Å²) in [7, 11) is 4.81. The molecule has 5 heteroatoms. The molecule has 0 aliphatic rings. The number of methoxy groups -OCH3 is 3. The van der Waals surface area contributed by atoms with Crippen molar-refractivity contribution in [3.8, 4) is 0 Å². The van der Waals surface area contributed by atoms with Crippen LogP contribution in [0.15, 0.2) is 0 Å². The van der Waals surface area contributed by atoms with E-state index in [1.54, 1.807) is 21.3 Å². The molecular formula is C18H36O5. The van der Waals surface area contributed by atoms with Crippen LogP contribution in [0.5, 0.6) is 0 Å². The van der Waals surface area contributed by atoms with E-state index in [1.807, 2.05) is 0 Å². The summed E-state index contributed by atoms with van der Waals surface area (Å²) in [6.45, 7) is 4.08. The lowest BCUT2D eigenvalue weighted by molar-refractivity contribution is -0.380. The molecule has 0 saturated heterocycles. The number of carbonyl (C=O) groups excluding carboxylic acids is 1. The van der Waals surface area contributed by atoms with E-state index >= 15 is 0 Å². The van der Waals surface area contributed by atoms with E-state index in [0.29, 0.717) is 6.61 Å². The number of esters is 1. The molecule has 0 aromatic heterocycles. The van der Waals surface area contributed by atoms with E-state index in [9.17, 15) is 4.79 Å². The highest BCUT2D eigenvalue weighted by Crippen LogP contribution is 2.32. The van der Waals surface area contributed by atoms with Crippen LogP contribution in [0.25, 0.3) is 0 Å². The standard InChI is InChI=1S/C18H36O5/c1-6-7-8-9-10-11-13-17(14-12-15-23-16(2)19)18(20-3,21-4)22-5/h17H,6-15H2,1-5H3. The molecule has 1 unspecified atom stereocenters. The number of unbranched alkanes of at least 4 members (excludes halogenated alkanes) is 5. The summed E-state index contributed by atoms with van der Waals surface area (Å²) in [5.41, 5.74) is 0. The summed E-state index contributed by atoms with van der Waals surface area (Å²) in [6.07, 6.45) is 10.1. The Morgan fingerprint density at radius 3 is 1.91 bits per heavy atom. The van der Waals surface area contributed by atoms with Crippen LogP contribution in [0, 0.1) is 5.92 Å². The van der Waals surface area contributed by atoms with Crippen LogP contribution in [0.1, 0.15) is 71.6 Å². The van der Waals surface area contributed by atoms with Crippen LogP contribution in [0.2, 0.25) is 0 Å².